The maximum Gasteiger partial charge on any atom is 0.0593 e. The van der Waals surface area contributed by atoms with Gasteiger partial charge in [-0.05, 0) is 45.6 Å². The zero-order valence-electron chi connectivity index (χ0n) is 17.4. The Balaban J connectivity index is 5.48. The Hall–Kier alpha value is -1.54. The van der Waals surface area contributed by atoms with Crippen molar-refractivity contribution in [1.82, 2.24) is 10.0 Å². The summed E-state index contributed by atoms with van der Waals surface area (Å²) in [6.45, 7) is 22.1. The molecule has 2 nitrogen and oxygen atoms in total. The Labute approximate surface area is 157 Å². The number of hydrogen-bond acceptors (Lipinski definition) is 2. The van der Waals surface area contributed by atoms with Crippen LogP contribution in [0.25, 0.3) is 0 Å². The Morgan fingerprint density at radius 2 is 1.68 bits per heavy atom. The van der Waals surface area contributed by atoms with Crippen LogP contribution in [0.2, 0.25) is 0 Å². The van der Waals surface area contributed by atoms with E-state index >= 15 is 0 Å². The van der Waals surface area contributed by atoms with Gasteiger partial charge in [0.25, 0.3) is 0 Å². The topological polar surface area (TPSA) is 6.48 Å². The minimum atomic E-state index is 0.868. The number of hydrogen-bond donors (Lipinski definition) is 0. The summed E-state index contributed by atoms with van der Waals surface area (Å²) in [6, 6.07) is 0. The van der Waals surface area contributed by atoms with Gasteiger partial charge in [-0.2, -0.15) is 0 Å². The molecule has 0 atom stereocenters. The van der Waals surface area contributed by atoms with E-state index in [0.717, 1.165) is 38.9 Å². The Morgan fingerprint density at radius 1 is 0.960 bits per heavy atom. The SMILES string of the molecule is C=C(C)CCN(CCCC)N(CC(/C=C\C)=C/C=C\C)C(=C)CCC. The number of hydrazine groups is 1. The van der Waals surface area contributed by atoms with Gasteiger partial charge in [-0.1, -0.05) is 69.2 Å². The first-order valence-corrected chi connectivity index (χ1v) is 9.79. The van der Waals surface area contributed by atoms with Crippen LogP contribution in [0.1, 0.15) is 66.7 Å². The lowest BCUT2D eigenvalue weighted by Crippen LogP contribution is -2.44. The number of unbranched alkanes of at least 4 members (excludes halogenated alkanes) is 1. The van der Waals surface area contributed by atoms with Gasteiger partial charge in [-0.3, -0.25) is 0 Å². The maximum absolute atomic E-state index is 4.39. The van der Waals surface area contributed by atoms with Gasteiger partial charge in [0.15, 0.2) is 0 Å². The molecular formula is C23H40N2. The fourth-order valence-electron chi connectivity index (χ4n) is 2.61. The lowest BCUT2D eigenvalue weighted by molar-refractivity contribution is 0.0137. The van der Waals surface area contributed by atoms with E-state index in [1.54, 1.807) is 0 Å². The van der Waals surface area contributed by atoms with E-state index in [1.807, 2.05) is 0 Å². The molecule has 0 fully saturated rings. The molecule has 0 saturated heterocycles. The van der Waals surface area contributed by atoms with Crippen molar-refractivity contribution < 1.29 is 0 Å². The average molecular weight is 345 g/mol. The van der Waals surface area contributed by atoms with Crippen LogP contribution in [0.5, 0.6) is 0 Å². The van der Waals surface area contributed by atoms with Gasteiger partial charge >= 0.3 is 0 Å². The second-order valence-corrected chi connectivity index (χ2v) is 6.66. The highest BCUT2D eigenvalue weighted by Crippen LogP contribution is 2.18. The van der Waals surface area contributed by atoms with Crippen LogP contribution in [0.15, 0.2) is 60.4 Å². The van der Waals surface area contributed by atoms with Crippen LogP contribution < -0.4 is 0 Å². The quantitative estimate of drug-likeness (QED) is 0.197. The molecule has 0 aromatic heterocycles. The summed E-state index contributed by atoms with van der Waals surface area (Å²) in [7, 11) is 0. The minimum Gasteiger partial charge on any atom is -0.306 e. The summed E-state index contributed by atoms with van der Waals surface area (Å²) in [5.74, 6) is 0. The first-order chi connectivity index (χ1) is 12.0. The highest BCUT2D eigenvalue weighted by Gasteiger charge is 2.17. The molecule has 0 unspecified atom stereocenters. The standard InChI is InChI=1S/C23H40N2/c1-8-12-16-23(15-11-4)20-25(22(7)14-10-3)24(18-13-9-2)19-17-21(5)6/h8,11-12,15-16H,5,7,9-10,13-14,17-20H2,1-4,6H3/b12-8-,15-11-,23-16+. The molecule has 0 aliphatic carbocycles. The number of allylic oxidation sites excluding steroid dienone is 5. The number of nitrogens with zero attached hydrogens (tertiary/aromatic N) is 2. The molecule has 0 spiro atoms. The Morgan fingerprint density at radius 3 is 2.20 bits per heavy atom. The van der Waals surface area contributed by atoms with Crippen LogP contribution in [-0.2, 0) is 0 Å². The van der Waals surface area contributed by atoms with Gasteiger partial charge in [-0.25, -0.2) is 5.01 Å². The zero-order valence-corrected chi connectivity index (χ0v) is 17.4. The molecule has 2 heteroatoms. The van der Waals surface area contributed by atoms with Crippen LogP contribution in [0.4, 0.5) is 0 Å². The van der Waals surface area contributed by atoms with Crippen molar-refractivity contribution in [2.45, 2.75) is 66.7 Å². The molecule has 142 valence electrons. The van der Waals surface area contributed by atoms with Gasteiger partial charge in [0.2, 0.25) is 0 Å². The van der Waals surface area contributed by atoms with Crippen molar-refractivity contribution in [2.24, 2.45) is 0 Å². The summed E-state index contributed by atoms with van der Waals surface area (Å²) >= 11 is 0. The average Bonchev–Trinajstić information content (AvgIpc) is 2.58. The van der Waals surface area contributed by atoms with Gasteiger partial charge in [0, 0.05) is 18.8 Å². The molecule has 0 aliphatic rings. The number of rotatable bonds is 14. The van der Waals surface area contributed by atoms with E-state index < -0.39 is 0 Å². The third-order valence-corrected chi connectivity index (χ3v) is 4.03. The van der Waals surface area contributed by atoms with Crippen molar-refractivity contribution in [3.05, 3.63) is 60.4 Å². The highest BCUT2D eigenvalue weighted by molar-refractivity contribution is 5.25. The van der Waals surface area contributed by atoms with Crippen LogP contribution in [0.3, 0.4) is 0 Å². The largest absolute Gasteiger partial charge is 0.306 e. The van der Waals surface area contributed by atoms with Gasteiger partial charge < -0.3 is 5.01 Å². The summed E-state index contributed by atoms with van der Waals surface area (Å²) in [5.41, 5.74) is 3.74. The normalized spacial score (nSPS) is 12.5. The van der Waals surface area contributed by atoms with Gasteiger partial charge in [0.1, 0.15) is 0 Å². The first-order valence-electron chi connectivity index (χ1n) is 9.79. The van der Waals surface area contributed by atoms with Gasteiger partial charge in [0.05, 0.1) is 6.54 Å². The molecule has 0 radical (unpaired) electrons. The molecular weight excluding hydrogens is 304 g/mol. The van der Waals surface area contributed by atoms with E-state index in [2.05, 4.69) is 88.2 Å². The van der Waals surface area contributed by atoms with Crippen molar-refractivity contribution in [3.63, 3.8) is 0 Å². The van der Waals surface area contributed by atoms with Crippen LogP contribution >= 0.6 is 0 Å². The highest BCUT2D eigenvalue weighted by atomic mass is 15.6. The Kier molecular flexibility index (Phi) is 13.9. The van der Waals surface area contributed by atoms with E-state index in [4.69, 9.17) is 0 Å². The molecule has 0 amide bonds. The predicted octanol–water partition coefficient (Wildman–Crippen LogP) is 6.66. The molecule has 0 aliphatic heterocycles. The summed E-state index contributed by atoms with van der Waals surface area (Å²) in [6.07, 6.45) is 16.3. The second-order valence-electron chi connectivity index (χ2n) is 6.66. The molecule has 0 saturated carbocycles. The monoisotopic (exact) mass is 344 g/mol. The summed E-state index contributed by atoms with van der Waals surface area (Å²) < 4.78 is 0. The lowest BCUT2D eigenvalue weighted by atomic mass is 10.1. The third kappa shape index (κ3) is 10.8. The molecule has 0 bridgehead atoms. The fraction of sp³-hybridized carbons (Fsp3) is 0.565. The molecule has 25 heavy (non-hydrogen) atoms. The van der Waals surface area contributed by atoms with E-state index in [-0.39, 0.29) is 0 Å². The molecule has 0 aromatic carbocycles. The van der Waals surface area contributed by atoms with Crippen molar-refractivity contribution in [1.29, 1.82) is 0 Å². The van der Waals surface area contributed by atoms with Crippen LogP contribution in [-0.4, -0.2) is 29.7 Å². The van der Waals surface area contributed by atoms with Gasteiger partial charge in [-0.15, -0.1) is 6.58 Å². The van der Waals surface area contributed by atoms with E-state index in [0.29, 0.717) is 0 Å². The van der Waals surface area contributed by atoms with Crippen molar-refractivity contribution in [2.75, 3.05) is 19.6 Å². The Bertz CT molecular complexity index is 468. The maximum atomic E-state index is 4.39. The molecule has 0 rings (SSSR count). The lowest BCUT2D eigenvalue weighted by Gasteiger charge is -2.38. The summed E-state index contributed by atoms with van der Waals surface area (Å²) in [4.78, 5) is 0. The second kappa shape index (κ2) is 14.8. The smallest absolute Gasteiger partial charge is 0.0593 e. The third-order valence-electron chi connectivity index (χ3n) is 4.03. The molecule has 0 heterocycles. The predicted molar refractivity (Wildman–Crippen MR) is 114 cm³/mol. The summed E-state index contributed by atoms with van der Waals surface area (Å²) in [5, 5.41) is 4.88. The molecule has 0 aromatic rings. The molecule has 0 N–H and O–H groups in total. The van der Waals surface area contributed by atoms with E-state index in [1.165, 1.54) is 29.7 Å². The van der Waals surface area contributed by atoms with Crippen molar-refractivity contribution in [3.8, 4) is 0 Å². The fourth-order valence-corrected chi connectivity index (χ4v) is 2.61. The minimum absolute atomic E-state index is 0.868. The van der Waals surface area contributed by atoms with Crippen LogP contribution in [0, 0.1) is 0 Å². The van der Waals surface area contributed by atoms with Crippen molar-refractivity contribution >= 4 is 0 Å². The van der Waals surface area contributed by atoms with E-state index in [9.17, 15) is 0 Å². The first kappa shape index (κ1) is 23.5. The zero-order chi connectivity index (χ0) is 19.1.